The minimum Gasteiger partial charge on any atom is -0.366 e. The highest BCUT2D eigenvalue weighted by Crippen LogP contribution is 2.23. The standard InChI is InChI=1S/C10H17N5O2S/c1-2-8-9(12-6-13-10(8)15-11)14-7-3-4-18(16,17)5-7/h6-7H,2-5,11H2,1H3,(H2,12,13,14,15). The predicted molar refractivity (Wildman–Crippen MR) is 69.9 cm³/mol. The molecule has 2 rings (SSSR count). The molecule has 100 valence electrons. The number of hydrogen-bond acceptors (Lipinski definition) is 7. The largest absolute Gasteiger partial charge is 0.366 e. The van der Waals surface area contributed by atoms with Crippen molar-refractivity contribution in [1.82, 2.24) is 9.97 Å². The van der Waals surface area contributed by atoms with E-state index in [1.807, 2.05) is 6.92 Å². The third-order valence-corrected chi connectivity index (χ3v) is 4.78. The molecule has 1 aromatic heterocycles. The molecule has 1 aliphatic rings. The Hall–Kier alpha value is -1.41. The van der Waals surface area contributed by atoms with Gasteiger partial charge in [0.1, 0.15) is 18.0 Å². The van der Waals surface area contributed by atoms with Gasteiger partial charge in [-0.2, -0.15) is 0 Å². The summed E-state index contributed by atoms with van der Waals surface area (Å²) in [4.78, 5) is 8.18. The Labute approximate surface area is 106 Å². The zero-order valence-corrected chi connectivity index (χ0v) is 11.0. The van der Waals surface area contributed by atoms with E-state index in [0.717, 1.165) is 5.56 Å². The molecule has 0 saturated carbocycles. The average molecular weight is 271 g/mol. The van der Waals surface area contributed by atoms with Crippen LogP contribution in [0.5, 0.6) is 0 Å². The van der Waals surface area contributed by atoms with Crippen LogP contribution in [0.25, 0.3) is 0 Å². The summed E-state index contributed by atoms with van der Waals surface area (Å²) in [5.41, 5.74) is 3.38. The molecule has 1 unspecified atom stereocenters. The molecule has 0 radical (unpaired) electrons. The lowest BCUT2D eigenvalue weighted by molar-refractivity contribution is 0.602. The van der Waals surface area contributed by atoms with Gasteiger partial charge < -0.3 is 10.7 Å². The van der Waals surface area contributed by atoms with Gasteiger partial charge in [-0.05, 0) is 12.8 Å². The first-order valence-corrected chi connectivity index (χ1v) is 7.65. The van der Waals surface area contributed by atoms with Gasteiger partial charge in [0.05, 0.1) is 11.5 Å². The van der Waals surface area contributed by atoms with Crippen molar-refractivity contribution in [2.75, 3.05) is 22.2 Å². The van der Waals surface area contributed by atoms with Crippen LogP contribution in [0.2, 0.25) is 0 Å². The first kappa shape index (κ1) is 13.0. The number of rotatable bonds is 4. The predicted octanol–water partition coefficient (Wildman–Crippen LogP) is -0.0764. The molecule has 1 aliphatic heterocycles. The van der Waals surface area contributed by atoms with Gasteiger partial charge in [-0.25, -0.2) is 24.2 Å². The molecule has 1 aromatic rings. The Morgan fingerprint density at radius 1 is 1.44 bits per heavy atom. The van der Waals surface area contributed by atoms with E-state index in [1.54, 1.807) is 0 Å². The average Bonchev–Trinajstić information content (AvgIpc) is 2.68. The highest BCUT2D eigenvalue weighted by Gasteiger charge is 2.28. The highest BCUT2D eigenvalue weighted by molar-refractivity contribution is 7.91. The zero-order chi connectivity index (χ0) is 13.2. The second-order valence-electron chi connectivity index (χ2n) is 4.29. The maximum absolute atomic E-state index is 11.4. The number of anilines is 2. The van der Waals surface area contributed by atoms with Gasteiger partial charge in [-0.15, -0.1) is 0 Å². The van der Waals surface area contributed by atoms with Crippen molar-refractivity contribution in [3.8, 4) is 0 Å². The first-order chi connectivity index (χ1) is 8.55. The maximum Gasteiger partial charge on any atom is 0.152 e. The number of sulfone groups is 1. The fraction of sp³-hybridized carbons (Fsp3) is 0.600. The van der Waals surface area contributed by atoms with E-state index < -0.39 is 9.84 Å². The molecule has 0 spiro atoms. The number of nitrogen functional groups attached to an aromatic ring is 1. The number of aromatic nitrogens is 2. The Bertz CT molecular complexity index is 531. The van der Waals surface area contributed by atoms with Crippen LogP contribution >= 0.6 is 0 Å². The summed E-state index contributed by atoms with van der Waals surface area (Å²) in [5.74, 6) is 7.00. The molecule has 1 atom stereocenters. The summed E-state index contributed by atoms with van der Waals surface area (Å²) in [6.45, 7) is 1.97. The van der Waals surface area contributed by atoms with Crippen LogP contribution in [0.1, 0.15) is 18.9 Å². The molecule has 0 aliphatic carbocycles. The van der Waals surface area contributed by atoms with Crippen LogP contribution in [0.4, 0.5) is 11.6 Å². The van der Waals surface area contributed by atoms with Gasteiger partial charge in [-0.1, -0.05) is 6.92 Å². The van der Waals surface area contributed by atoms with Crippen LogP contribution in [-0.2, 0) is 16.3 Å². The Morgan fingerprint density at radius 3 is 2.72 bits per heavy atom. The Morgan fingerprint density at radius 2 is 2.17 bits per heavy atom. The van der Waals surface area contributed by atoms with E-state index in [0.29, 0.717) is 24.5 Å². The van der Waals surface area contributed by atoms with Gasteiger partial charge in [0.2, 0.25) is 0 Å². The van der Waals surface area contributed by atoms with E-state index in [9.17, 15) is 8.42 Å². The van der Waals surface area contributed by atoms with Crippen LogP contribution in [-0.4, -0.2) is 35.9 Å². The van der Waals surface area contributed by atoms with Crippen molar-refractivity contribution >= 4 is 21.5 Å². The highest BCUT2D eigenvalue weighted by atomic mass is 32.2. The topological polar surface area (TPSA) is 110 Å². The Balaban J connectivity index is 2.19. The molecule has 1 fully saturated rings. The molecule has 0 aromatic carbocycles. The van der Waals surface area contributed by atoms with Crippen LogP contribution in [0.15, 0.2) is 6.33 Å². The third kappa shape index (κ3) is 2.70. The third-order valence-electron chi connectivity index (χ3n) is 3.01. The maximum atomic E-state index is 11.4. The summed E-state index contributed by atoms with van der Waals surface area (Å²) >= 11 is 0. The summed E-state index contributed by atoms with van der Waals surface area (Å²) in [5, 5.41) is 3.16. The molecule has 1 saturated heterocycles. The van der Waals surface area contributed by atoms with Crippen molar-refractivity contribution in [1.29, 1.82) is 0 Å². The fourth-order valence-electron chi connectivity index (χ4n) is 2.10. The minimum atomic E-state index is -2.90. The molecule has 0 bridgehead atoms. The Kier molecular flexibility index (Phi) is 3.67. The lowest BCUT2D eigenvalue weighted by Gasteiger charge is -2.16. The number of hydrogen-bond donors (Lipinski definition) is 3. The molecule has 2 heterocycles. The minimum absolute atomic E-state index is 0.0826. The lowest BCUT2D eigenvalue weighted by atomic mass is 10.2. The molecule has 8 heteroatoms. The summed E-state index contributed by atoms with van der Waals surface area (Å²) in [6.07, 6.45) is 2.73. The van der Waals surface area contributed by atoms with Gasteiger partial charge in [0, 0.05) is 11.6 Å². The number of nitrogens with two attached hydrogens (primary N) is 1. The number of hydrazine groups is 1. The lowest BCUT2D eigenvalue weighted by Crippen LogP contribution is -2.23. The summed E-state index contributed by atoms with van der Waals surface area (Å²) < 4.78 is 22.8. The van der Waals surface area contributed by atoms with Gasteiger partial charge in [0.15, 0.2) is 9.84 Å². The summed E-state index contributed by atoms with van der Waals surface area (Å²) in [7, 11) is -2.90. The zero-order valence-electron chi connectivity index (χ0n) is 10.2. The smallest absolute Gasteiger partial charge is 0.152 e. The summed E-state index contributed by atoms with van der Waals surface area (Å²) in [6, 6.07) is -0.0826. The molecular weight excluding hydrogens is 254 g/mol. The van der Waals surface area contributed by atoms with Crippen molar-refractivity contribution in [3.05, 3.63) is 11.9 Å². The normalized spacial score (nSPS) is 21.8. The van der Waals surface area contributed by atoms with Crippen LogP contribution in [0, 0.1) is 0 Å². The van der Waals surface area contributed by atoms with E-state index in [-0.39, 0.29) is 17.5 Å². The fourth-order valence-corrected chi connectivity index (χ4v) is 3.77. The number of nitrogens with one attached hydrogen (secondary N) is 2. The van der Waals surface area contributed by atoms with Crippen molar-refractivity contribution in [2.45, 2.75) is 25.8 Å². The van der Waals surface area contributed by atoms with Gasteiger partial charge in [-0.3, -0.25) is 0 Å². The second-order valence-corrected chi connectivity index (χ2v) is 6.52. The molecular formula is C10H17N5O2S. The molecule has 0 amide bonds. The monoisotopic (exact) mass is 271 g/mol. The molecule has 18 heavy (non-hydrogen) atoms. The van der Waals surface area contributed by atoms with Crippen molar-refractivity contribution < 1.29 is 8.42 Å². The SMILES string of the molecule is CCc1c(NN)ncnc1NC1CCS(=O)(=O)C1. The van der Waals surface area contributed by atoms with E-state index >= 15 is 0 Å². The van der Waals surface area contributed by atoms with E-state index in [1.165, 1.54) is 6.33 Å². The van der Waals surface area contributed by atoms with Gasteiger partial charge >= 0.3 is 0 Å². The quantitative estimate of drug-likeness (QED) is 0.519. The van der Waals surface area contributed by atoms with Crippen LogP contribution < -0.4 is 16.6 Å². The van der Waals surface area contributed by atoms with Crippen LogP contribution in [0.3, 0.4) is 0 Å². The van der Waals surface area contributed by atoms with Gasteiger partial charge in [0.25, 0.3) is 0 Å². The van der Waals surface area contributed by atoms with Crippen molar-refractivity contribution in [3.63, 3.8) is 0 Å². The first-order valence-electron chi connectivity index (χ1n) is 5.83. The second kappa shape index (κ2) is 5.07. The molecule has 4 N–H and O–H groups in total. The van der Waals surface area contributed by atoms with E-state index in [4.69, 9.17) is 5.84 Å². The number of nitrogens with zero attached hydrogens (tertiary/aromatic N) is 2. The molecule has 7 nitrogen and oxygen atoms in total. The van der Waals surface area contributed by atoms with Crippen molar-refractivity contribution in [2.24, 2.45) is 5.84 Å². The van der Waals surface area contributed by atoms with E-state index in [2.05, 4.69) is 20.7 Å².